The van der Waals surface area contributed by atoms with Gasteiger partial charge in [-0.3, -0.25) is 0 Å². The van der Waals surface area contributed by atoms with Crippen molar-refractivity contribution in [3.8, 4) is 0 Å². The summed E-state index contributed by atoms with van der Waals surface area (Å²) in [7, 11) is 0. The van der Waals surface area contributed by atoms with Crippen LogP contribution in [-0.2, 0) is 4.74 Å². The van der Waals surface area contributed by atoms with E-state index in [2.05, 4.69) is 0 Å². The Bertz CT molecular complexity index is 603. The van der Waals surface area contributed by atoms with Gasteiger partial charge in [0.25, 0.3) is 0 Å². The Morgan fingerprint density at radius 1 is 1.10 bits per heavy atom. The highest BCUT2D eigenvalue weighted by Gasteiger charge is 2.14. The first-order valence-corrected chi connectivity index (χ1v) is 6.91. The van der Waals surface area contributed by atoms with Gasteiger partial charge in [-0.15, -0.1) is 0 Å². The van der Waals surface area contributed by atoms with Gasteiger partial charge in [-0.2, -0.15) is 0 Å². The molecule has 0 amide bonds. The molecule has 0 bridgehead atoms. The highest BCUT2D eigenvalue weighted by atomic mass is 16.7. The molecule has 21 heavy (non-hydrogen) atoms. The lowest BCUT2D eigenvalue weighted by Crippen LogP contribution is -2.07. The van der Waals surface area contributed by atoms with Crippen LogP contribution in [0.4, 0.5) is 4.79 Å². The molecule has 108 valence electrons. The topological polar surface area (TPSA) is 46.5 Å². The van der Waals surface area contributed by atoms with E-state index in [1.807, 2.05) is 73.7 Å². The predicted octanol–water partition coefficient (Wildman–Crippen LogP) is 4.92. The van der Waals surface area contributed by atoms with Crippen LogP contribution < -0.4 is 0 Å². The summed E-state index contributed by atoms with van der Waals surface area (Å²) in [4.78, 5) is 10.9. The number of carboxylic acid groups (broad SMARTS) is 1. The molecule has 1 unspecified atom stereocenters. The van der Waals surface area contributed by atoms with E-state index >= 15 is 0 Å². The Morgan fingerprint density at radius 2 is 1.67 bits per heavy atom. The second kappa shape index (κ2) is 7.29. The number of ether oxygens (including phenoxy) is 1. The summed E-state index contributed by atoms with van der Waals surface area (Å²) in [6.45, 7) is 2.04. The van der Waals surface area contributed by atoms with Crippen LogP contribution in [-0.4, -0.2) is 11.3 Å². The van der Waals surface area contributed by atoms with E-state index in [0.717, 1.165) is 23.1 Å². The highest BCUT2D eigenvalue weighted by Crippen LogP contribution is 2.26. The average molecular weight is 282 g/mol. The van der Waals surface area contributed by atoms with Crippen LogP contribution in [0.3, 0.4) is 0 Å². The van der Waals surface area contributed by atoms with Crippen molar-refractivity contribution >= 4 is 11.7 Å². The van der Waals surface area contributed by atoms with E-state index in [-0.39, 0.29) is 0 Å². The van der Waals surface area contributed by atoms with E-state index in [4.69, 9.17) is 9.84 Å². The molecule has 3 heteroatoms. The molecule has 0 aromatic heterocycles. The minimum Gasteiger partial charge on any atom is -0.450 e. The van der Waals surface area contributed by atoms with Gasteiger partial charge >= 0.3 is 6.16 Å². The normalized spacial score (nSPS) is 12.7. The zero-order valence-electron chi connectivity index (χ0n) is 11.9. The second-order valence-corrected chi connectivity index (χ2v) is 4.63. The molecule has 3 nitrogen and oxygen atoms in total. The maximum absolute atomic E-state index is 10.9. The van der Waals surface area contributed by atoms with E-state index in [1.54, 1.807) is 0 Å². The predicted molar refractivity (Wildman–Crippen MR) is 83.0 cm³/mol. The van der Waals surface area contributed by atoms with Crippen molar-refractivity contribution in [1.82, 2.24) is 0 Å². The zero-order valence-corrected chi connectivity index (χ0v) is 11.9. The summed E-state index contributed by atoms with van der Waals surface area (Å²) in [5.74, 6) is 0. The zero-order chi connectivity index (χ0) is 15.1. The van der Waals surface area contributed by atoms with Gasteiger partial charge in [-0.25, -0.2) is 4.79 Å². The lowest BCUT2D eigenvalue weighted by molar-refractivity contribution is 0.0691. The number of allylic oxidation sites excluding steroid dienone is 1. The Kier molecular flexibility index (Phi) is 5.16. The smallest absolute Gasteiger partial charge is 0.450 e. The van der Waals surface area contributed by atoms with Gasteiger partial charge in [0.2, 0.25) is 0 Å². The molecule has 0 aliphatic heterocycles. The van der Waals surface area contributed by atoms with Gasteiger partial charge in [0.15, 0.2) is 0 Å². The molecular formula is C18H18O3. The van der Waals surface area contributed by atoms with Crippen molar-refractivity contribution in [3.05, 3.63) is 77.9 Å². The average Bonchev–Trinajstić information content (AvgIpc) is 2.52. The summed E-state index contributed by atoms with van der Waals surface area (Å²) in [6, 6.07) is 19.3. The highest BCUT2D eigenvalue weighted by molar-refractivity contribution is 5.67. The number of hydrogen-bond donors (Lipinski definition) is 1. The number of benzene rings is 2. The van der Waals surface area contributed by atoms with Gasteiger partial charge < -0.3 is 9.84 Å². The lowest BCUT2D eigenvalue weighted by atomic mass is 9.99. The summed E-state index contributed by atoms with van der Waals surface area (Å²) < 4.78 is 5.03. The van der Waals surface area contributed by atoms with E-state index < -0.39 is 12.3 Å². The quantitative estimate of drug-likeness (QED) is 0.792. The van der Waals surface area contributed by atoms with E-state index in [9.17, 15) is 4.79 Å². The van der Waals surface area contributed by atoms with Crippen molar-refractivity contribution in [2.24, 2.45) is 0 Å². The maximum Gasteiger partial charge on any atom is 0.506 e. The molecule has 1 N–H and O–H groups in total. The molecule has 2 rings (SSSR count). The Morgan fingerprint density at radius 3 is 2.19 bits per heavy atom. The van der Waals surface area contributed by atoms with Crippen molar-refractivity contribution in [2.75, 3.05) is 0 Å². The van der Waals surface area contributed by atoms with Gasteiger partial charge in [0.1, 0.15) is 6.10 Å². The third kappa shape index (κ3) is 4.21. The van der Waals surface area contributed by atoms with Crippen molar-refractivity contribution in [2.45, 2.75) is 19.4 Å². The van der Waals surface area contributed by atoms with Crippen LogP contribution in [0.1, 0.15) is 30.6 Å². The summed E-state index contributed by atoms with van der Waals surface area (Å²) in [5, 5.41) is 8.95. The third-order valence-electron chi connectivity index (χ3n) is 3.23. The van der Waals surface area contributed by atoms with Crippen LogP contribution in [0.5, 0.6) is 0 Å². The molecule has 0 radical (unpaired) electrons. The third-order valence-corrected chi connectivity index (χ3v) is 3.23. The molecule has 0 saturated heterocycles. The minimum absolute atomic E-state index is 0.598. The number of hydrogen-bond acceptors (Lipinski definition) is 2. The fourth-order valence-electron chi connectivity index (χ4n) is 2.20. The Hall–Kier alpha value is -2.55. The molecule has 0 heterocycles. The number of rotatable bonds is 5. The van der Waals surface area contributed by atoms with Crippen LogP contribution >= 0.6 is 0 Å². The van der Waals surface area contributed by atoms with Gasteiger partial charge in [-0.05, 0) is 29.2 Å². The maximum atomic E-state index is 10.9. The Labute approximate surface area is 124 Å². The molecule has 0 spiro atoms. The monoisotopic (exact) mass is 282 g/mol. The van der Waals surface area contributed by atoms with Crippen LogP contribution in [0.2, 0.25) is 0 Å². The van der Waals surface area contributed by atoms with Gasteiger partial charge in [0.05, 0.1) is 0 Å². The fourth-order valence-corrected chi connectivity index (χ4v) is 2.20. The van der Waals surface area contributed by atoms with Crippen LogP contribution in [0.25, 0.3) is 5.57 Å². The molecule has 0 fully saturated rings. The van der Waals surface area contributed by atoms with Crippen LogP contribution in [0, 0.1) is 0 Å². The first-order valence-electron chi connectivity index (χ1n) is 6.91. The first kappa shape index (κ1) is 14.9. The minimum atomic E-state index is -1.27. The Balaban J connectivity index is 2.36. The molecular weight excluding hydrogens is 264 g/mol. The van der Waals surface area contributed by atoms with Crippen molar-refractivity contribution in [1.29, 1.82) is 0 Å². The molecule has 1 atom stereocenters. The van der Waals surface area contributed by atoms with Gasteiger partial charge in [0, 0.05) is 0 Å². The largest absolute Gasteiger partial charge is 0.506 e. The SMILES string of the molecule is CCC(=CC(OC(=O)O)c1ccccc1)c1ccccc1. The molecule has 0 saturated carbocycles. The summed E-state index contributed by atoms with van der Waals surface area (Å²) >= 11 is 0. The van der Waals surface area contributed by atoms with Gasteiger partial charge in [-0.1, -0.05) is 67.6 Å². The number of carbonyl (C=O) groups is 1. The standard InChI is InChI=1S/C18H18O3/c1-2-14(15-9-5-3-6-10-15)13-17(21-18(19)20)16-11-7-4-8-12-16/h3-13,17H,2H2,1H3,(H,19,20). The van der Waals surface area contributed by atoms with Crippen LogP contribution in [0.15, 0.2) is 66.7 Å². The first-order chi connectivity index (χ1) is 10.2. The second-order valence-electron chi connectivity index (χ2n) is 4.63. The van der Waals surface area contributed by atoms with Crippen molar-refractivity contribution in [3.63, 3.8) is 0 Å². The summed E-state index contributed by atoms with van der Waals surface area (Å²) in [6.07, 6.45) is 0.803. The fraction of sp³-hybridized carbons (Fsp3) is 0.167. The van der Waals surface area contributed by atoms with Crippen molar-refractivity contribution < 1.29 is 14.6 Å². The van der Waals surface area contributed by atoms with E-state index in [1.165, 1.54) is 0 Å². The van der Waals surface area contributed by atoms with E-state index in [0.29, 0.717) is 0 Å². The lowest BCUT2D eigenvalue weighted by Gasteiger charge is -2.15. The molecule has 0 aliphatic carbocycles. The molecule has 2 aromatic carbocycles. The molecule has 0 aliphatic rings. The molecule has 2 aromatic rings. The summed E-state index contributed by atoms with van der Waals surface area (Å²) in [5.41, 5.74) is 2.96.